The molecule has 0 unspecified atom stereocenters. The van der Waals surface area contributed by atoms with E-state index in [-0.39, 0.29) is 0 Å². The topological polar surface area (TPSA) is 18.5 Å². The Labute approximate surface area is 196 Å². The van der Waals surface area contributed by atoms with Crippen molar-refractivity contribution in [1.82, 2.24) is 0 Å². The minimum Gasteiger partial charge on any atom is -0.493 e. The third kappa shape index (κ3) is 4.35. The van der Waals surface area contributed by atoms with Crippen LogP contribution in [0.3, 0.4) is 0 Å². The van der Waals surface area contributed by atoms with Crippen LogP contribution in [-0.4, -0.2) is 13.2 Å². The summed E-state index contributed by atoms with van der Waals surface area (Å²) in [7, 11) is 0. The Morgan fingerprint density at radius 2 is 0.774 bits per heavy atom. The van der Waals surface area contributed by atoms with E-state index in [1.807, 2.05) is 23.5 Å². The second-order valence-electron chi connectivity index (χ2n) is 9.07. The fraction of sp³-hybridized carbons (Fsp3) is 0.556. The predicted octanol–water partition coefficient (Wildman–Crippen LogP) is 7.66. The summed E-state index contributed by atoms with van der Waals surface area (Å²) in [4.78, 5) is 0. The monoisotopic (exact) mass is 456 g/mol. The maximum absolute atomic E-state index is 6.41. The molecule has 3 aliphatic heterocycles. The van der Waals surface area contributed by atoms with Crippen LogP contribution < -0.4 is 9.47 Å². The molecular weight excluding hydrogens is 420 g/mol. The molecule has 0 radical (unpaired) electrons. The van der Waals surface area contributed by atoms with Crippen LogP contribution in [-0.2, 0) is 23.0 Å². The summed E-state index contributed by atoms with van der Waals surface area (Å²) in [6.07, 6.45) is 3.29. The molecular formula is C27H36O2S2. The van der Waals surface area contributed by atoms with E-state index in [9.17, 15) is 0 Å². The SMILES string of the molecule is Cc1c2c(C)c3c(C)c1CSCc1c(C)c(c(C)c(c1C)OCCCCCO3)CSC2. The number of benzene rings is 2. The molecule has 3 heterocycles. The number of thioether (sulfide) groups is 2. The third-order valence-electron chi connectivity index (χ3n) is 7.25. The van der Waals surface area contributed by atoms with Crippen molar-refractivity contribution < 1.29 is 9.47 Å². The number of rotatable bonds is 0. The Morgan fingerprint density at radius 1 is 0.452 bits per heavy atom. The van der Waals surface area contributed by atoms with E-state index >= 15 is 0 Å². The van der Waals surface area contributed by atoms with Gasteiger partial charge in [0.1, 0.15) is 11.5 Å². The van der Waals surface area contributed by atoms with Gasteiger partial charge in [0.05, 0.1) is 13.2 Å². The molecule has 2 aromatic rings. The average Bonchev–Trinajstić information content (AvgIpc) is 2.73. The van der Waals surface area contributed by atoms with Gasteiger partial charge in [0.2, 0.25) is 0 Å². The van der Waals surface area contributed by atoms with Crippen LogP contribution in [0.5, 0.6) is 11.5 Å². The lowest BCUT2D eigenvalue weighted by atomic mass is 9.93. The molecule has 0 amide bonds. The molecule has 0 N–H and O–H groups in total. The summed E-state index contributed by atoms with van der Waals surface area (Å²) in [5.74, 6) is 6.41. The normalized spacial score (nSPS) is 17.1. The van der Waals surface area contributed by atoms with Gasteiger partial charge < -0.3 is 9.47 Å². The highest BCUT2D eigenvalue weighted by molar-refractivity contribution is 7.98. The van der Waals surface area contributed by atoms with E-state index in [4.69, 9.17) is 9.47 Å². The molecule has 0 saturated carbocycles. The Kier molecular flexibility index (Phi) is 7.17. The van der Waals surface area contributed by atoms with Gasteiger partial charge in [0.15, 0.2) is 0 Å². The number of fused-ring (bicyclic) bond motifs is 10. The molecule has 5 rings (SSSR count). The van der Waals surface area contributed by atoms with Crippen molar-refractivity contribution in [2.75, 3.05) is 13.2 Å². The molecule has 31 heavy (non-hydrogen) atoms. The molecule has 0 saturated heterocycles. The van der Waals surface area contributed by atoms with Gasteiger partial charge in [-0.15, -0.1) is 0 Å². The first-order valence-corrected chi connectivity index (χ1v) is 13.9. The van der Waals surface area contributed by atoms with Crippen molar-refractivity contribution in [3.05, 3.63) is 55.6 Å². The third-order valence-corrected chi connectivity index (χ3v) is 9.22. The summed E-state index contributed by atoms with van der Waals surface area (Å²) in [6, 6.07) is 0. The van der Waals surface area contributed by atoms with Crippen LogP contribution in [0, 0.1) is 41.5 Å². The molecule has 6 bridgehead atoms. The standard InChI is InChI=1S/C27H36O2S2/c1-16-22-12-30-14-24-17(2)25-15-31-13-23(16)19(4)26(18(22)3)28-10-8-7-9-11-29-27(20(24)5)21(25)6/h7-15H2,1-6H3. The highest BCUT2D eigenvalue weighted by Crippen LogP contribution is 2.42. The lowest BCUT2D eigenvalue weighted by molar-refractivity contribution is 0.275. The smallest absolute Gasteiger partial charge is 0.125 e. The maximum Gasteiger partial charge on any atom is 0.125 e. The van der Waals surface area contributed by atoms with Gasteiger partial charge in [0, 0.05) is 23.0 Å². The van der Waals surface area contributed by atoms with Gasteiger partial charge in [0.25, 0.3) is 0 Å². The van der Waals surface area contributed by atoms with E-state index in [1.54, 1.807) is 0 Å². The van der Waals surface area contributed by atoms with Gasteiger partial charge in [-0.1, -0.05) is 0 Å². The maximum atomic E-state index is 6.41. The van der Waals surface area contributed by atoms with Crippen molar-refractivity contribution in [2.24, 2.45) is 0 Å². The van der Waals surface area contributed by atoms with Gasteiger partial charge in [-0.25, -0.2) is 0 Å². The quantitative estimate of drug-likeness (QED) is 0.405. The number of ether oxygens (including phenoxy) is 2. The molecule has 168 valence electrons. The zero-order chi connectivity index (χ0) is 22.1. The second-order valence-corrected chi connectivity index (χ2v) is 11.0. The summed E-state index contributed by atoms with van der Waals surface area (Å²) < 4.78 is 12.8. The van der Waals surface area contributed by atoms with E-state index in [0.29, 0.717) is 0 Å². The van der Waals surface area contributed by atoms with Crippen LogP contribution in [0.4, 0.5) is 0 Å². The molecule has 2 aromatic carbocycles. The van der Waals surface area contributed by atoms with Crippen molar-refractivity contribution in [1.29, 1.82) is 0 Å². The second kappa shape index (κ2) is 9.70. The Balaban J connectivity index is 1.88. The zero-order valence-corrected chi connectivity index (χ0v) is 21.6. The minimum absolute atomic E-state index is 0.792. The summed E-state index contributed by atoms with van der Waals surface area (Å²) >= 11 is 4.07. The molecule has 0 spiro atoms. The number of hydrogen-bond acceptors (Lipinski definition) is 4. The molecule has 0 atom stereocenters. The van der Waals surface area contributed by atoms with E-state index in [2.05, 4.69) is 41.5 Å². The summed E-state index contributed by atoms with van der Waals surface area (Å²) in [5, 5.41) is 0. The van der Waals surface area contributed by atoms with E-state index < -0.39 is 0 Å². The molecule has 2 nitrogen and oxygen atoms in total. The highest BCUT2D eigenvalue weighted by atomic mass is 32.2. The summed E-state index contributed by atoms with van der Waals surface area (Å²) in [6.45, 7) is 15.3. The first-order valence-electron chi connectivity index (χ1n) is 11.6. The van der Waals surface area contributed by atoms with Crippen molar-refractivity contribution in [2.45, 2.75) is 83.8 Å². The fourth-order valence-electron chi connectivity index (χ4n) is 5.14. The highest BCUT2D eigenvalue weighted by Gasteiger charge is 2.22. The average molecular weight is 457 g/mol. The molecule has 0 fully saturated rings. The van der Waals surface area contributed by atoms with E-state index in [1.165, 1.54) is 55.6 Å². The van der Waals surface area contributed by atoms with Crippen LogP contribution >= 0.6 is 23.5 Å². The van der Waals surface area contributed by atoms with Gasteiger partial charge in [-0.3, -0.25) is 0 Å². The molecule has 0 aliphatic carbocycles. The Bertz CT molecular complexity index is 852. The molecule has 4 heteroatoms. The Hall–Kier alpha value is -1.26. The Morgan fingerprint density at radius 3 is 1.10 bits per heavy atom. The van der Waals surface area contributed by atoms with Crippen LogP contribution in [0.15, 0.2) is 0 Å². The first kappa shape index (κ1) is 22.9. The van der Waals surface area contributed by atoms with Gasteiger partial charge >= 0.3 is 0 Å². The number of hydrogen-bond donors (Lipinski definition) is 0. The van der Waals surface area contributed by atoms with E-state index in [0.717, 1.165) is 67.0 Å². The first-order chi connectivity index (χ1) is 14.9. The zero-order valence-electron chi connectivity index (χ0n) is 20.0. The lowest BCUT2D eigenvalue weighted by Crippen LogP contribution is -2.11. The van der Waals surface area contributed by atoms with Crippen molar-refractivity contribution in [3.63, 3.8) is 0 Å². The van der Waals surface area contributed by atoms with Gasteiger partial charge in [-0.05, 0) is 116 Å². The molecule has 0 aromatic heterocycles. The van der Waals surface area contributed by atoms with Crippen LogP contribution in [0.25, 0.3) is 0 Å². The molecule has 3 aliphatic rings. The van der Waals surface area contributed by atoms with Crippen LogP contribution in [0.1, 0.15) is 74.9 Å². The summed E-state index contributed by atoms with van der Waals surface area (Å²) in [5.41, 5.74) is 14.3. The van der Waals surface area contributed by atoms with Crippen molar-refractivity contribution >= 4 is 23.5 Å². The van der Waals surface area contributed by atoms with Crippen molar-refractivity contribution in [3.8, 4) is 11.5 Å². The minimum atomic E-state index is 0.792. The lowest BCUT2D eigenvalue weighted by Gasteiger charge is -2.26. The van der Waals surface area contributed by atoms with Gasteiger partial charge in [-0.2, -0.15) is 23.5 Å². The fourth-order valence-corrected chi connectivity index (χ4v) is 7.89. The van der Waals surface area contributed by atoms with Crippen LogP contribution in [0.2, 0.25) is 0 Å². The predicted molar refractivity (Wildman–Crippen MR) is 136 cm³/mol. The largest absolute Gasteiger partial charge is 0.493 e.